The Balaban J connectivity index is 2.21. The van der Waals surface area contributed by atoms with Crippen LogP contribution in [-0.2, 0) is 6.42 Å². The third-order valence-corrected chi connectivity index (χ3v) is 4.61. The molecule has 0 aliphatic rings. The van der Waals surface area contributed by atoms with Crippen molar-refractivity contribution in [2.24, 2.45) is 0 Å². The Labute approximate surface area is 116 Å². The van der Waals surface area contributed by atoms with Crippen LogP contribution in [0.1, 0.15) is 38.5 Å². The molecule has 0 fully saturated rings. The fraction of sp³-hybridized carbons (Fsp3) is 0.733. The van der Waals surface area contributed by atoms with Gasteiger partial charge in [-0.1, -0.05) is 19.9 Å². The molecule has 2 nitrogen and oxygen atoms in total. The van der Waals surface area contributed by atoms with Crippen molar-refractivity contribution in [3.8, 4) is 0 Å². The van der Waals surface area contributed by atoms with Gasteiger partial charge in [0.1, 0.15) is 0 Å². The normalized spacial score (nSPS) is 13.4. The predicted octanol–water partition coefficient (Wildman–Crippen LogP) is 3.39. The Morgan fingerprint density at radius 2 is 2.06 bits per heavy atom. The van der Waals surface area contributed by atoms with E-state index in [4.69, 9.17) is 0 Å². The van der Waals surface area contributed by atoms with Gasteiger partial charge in [0.15, 0.2) is 0 Å². The van der Waals surface area contributed by atoms with E-state index in [0.717, 1.165) is 13.1 Å². The van der Waals surface area contributed by atoms with Crippen molar-refractivity contribution >= 4 is 11.3 Å². The lowest BCUT2D eigenvalue weighted by Gasteiger charge is -2.25. The molecule has 0 spiro atoms. The second-order valence-electron chi connectivity index (χ2n) is 5.08. The number of hydrogen-bond donors (Lipinski definition) is 1. The van der Waals surface area contributed by atoms with E-state index in [-0.39, 0.29) is 0 Å². The molecule has 0 saturated heterocycles. The van der Waals surface area contributed by atoms with Crippen LogP contribution in [0, 0.1) is 0 Å². The van der Waals surface area contributed by atoms with Gasteiger partial charge in [0.25, 0.3) is 0 Å². The molecule has 104 valence electrons. The summed E-state index contributed by atoms with van der Waals surface area (Å²) in [6, 6.07) is 5.68. The van der Waals surface area contributed by atoms with Gasteiger partial charge in [-0.15, -0.1) is 11.3 Å². The summed E-state index contributed by atoms with van der Waals surface area (Å²) in [5.74, 6) is 0. The van der Waals surface area contributed by atoms with E-state index >= 15 is 0 Å². The van der Waals surface area contributed by atoms with Crippen LogP contribution in [-0.4, -0.2) is 37.1 Å². The van der Waals surface area contributed by atoms with Crippen molar-refractivity contribution in [3.63, 3.8) is 0 Å². The SMILES string of the molecule is CCC(CC)NCCN(C)C(C)Cc1cccs1. The van der Waals surface area contributed by atoms with Crippen molar-refractivity contribution in [2.75, 3.05) is 20.1 Å². The molecule has 1 aromatic rings. The summed E-state index contributed by atoms with van der Waals surface area (Å²) in [7, 11) is 2.23. The van der Waals surface area contributed by atoms with Crippen molar-refractivity contribution in [1.82, 2.24) is 10.2 Å². The van der Waals surface area contributed by atoms with Crippen molar-refractivity contribution in [3.05, 3.63) is 22.4 Å². The quantitative estimate of drug-likeness (QED) is 0.738. The molecular weight excluding hydrogens is 240 g/mol. The molecule has 18 heavy (non-hydrogen) atoms. The van der Waals surface area contributed by atoms with Gasteiger partial charge in [-0.3, -0.25) is 0 Å². The number of likely N-dealkylation sites (N-methyl/N-ethyl adjacent to an activating group) is 1. The molecule has 1 heterocycles. The zero-order valence-electron chi connectivity index (χ0n) is 12.3. The Hall–Kier alpha value is -0.380. The van der Waals surface area contributed by atoms with Gasteiger partial charge >= 0.3 is 0 Å². The van der Waals surface area contributed by atoms with E-state index in [9.17, 15) is 0 Å². The van der Waals surface area contributed by atoms with Crippen LogP contribution < -0.4 is 5.32 Å². The van der Waals surface area contributed by atoms with E-state index < -0.39 is 0 Å². The summed E-state index contributed by atoms with van der Waals surface area (Å²) in [5.41, 5.74) is 0. The fourth-order valence-electron chi connectivity index (χ4n) is 2.12. The third kappa shape index (κ3) is 5.51. The first-order chi connectivity index (χ1) is 8.67. The molecule has 0 amide bonds. The van der Waals surface area contributed by atoms with Crippen molar-refractivity contribution in [1.29, 1.82) is 0 Å². The van der Waals surface area contributed by atoms with Crippen molar-refractivity contribution < 1.29 is 0 Å². The van der Waals surface area contributed by atoms with E-state index in [1.165, 1.54) is 24.1 Å². The molecule has 0 saturated carbocycles. The lowest BCUT2D eigenvalue weighted by atomic mass is 10.1. The average Bonchev–Trinajstić information content (AvgIpc) is 2.87. The number of thiophene rings is 1. The molecule has 1 rings (SSSR count). The van der Waals surface area contributed by atoms with E-state index in [1.54, 1.807) is 0 Å². The summed E-state index contributed by atoms with van der Waals surface area (Å²) >= 11 is 1.86. The monoisotopic (exact) mass is 268 g/mol. The highest BCUT2D eigenvalue weighted by Crippen LogP contribution is 2.13. The summed E-state index contributed by atoms with van der Waals surface area (Å²) in [6.07, 6.45) is 3.62. The minimum absolute atomic E-state index is 0.618. The van der Waals surface area contributed by atoms with Crippen LogP contribution >= 0.6 is 11.3 Å². The van der Waals surface area contributed by atoms with Gasteiger partial charge in [0.2, 0.25) is 0 Å². The van der Waals surface area contributed by atoms with Gasteiger partial charge in [-0.2, -0.15) is 0 Å². The molecule has 0 bridgehead atoms. The molecule has 0 aliphatic heterocycles. The standard InChI is InChI=1S/C15H28N2S/c1-5-14(6-2)16-9-10-17(4)13(3)12-15-8-7-11-18-15/h7-8,11,13-14,16H,5-6,9-10,12H2,1-4H3. The molecule has 1 aromatic heterocycles. The van der Waals surface area contributed by atoms with Crippen LogP contribution in [0.2, 0.25) is 0 Å². The third-order valence-electron chi connectivity index (χ3n) is 3.71. The molecule has 0 aliphatic carbocycles. The molecule has 0 aromatic carbocycles. The smallest absolute Gasteiger partial charge is 0.0113 e. The van der Waals surface area contributed by atoms with Crippen LogP contribution in [0.4, 0.5) is 0 Å². The maximum absolute atomic E-state index is 3.62. The molecule has 3 heteroatoms. The lowest BCUT2D eigenvalue weighted by molar-refractivity contribution is 0.252. The molecular formula is C15H28N2S. The molecule has 1 atom stereocenters. The van der Waals surface area contributed by atoms with E-state index in [2.05, 4.69) is 55.5 Å². The van der Waals surface area contributed by atoms with Gasteiger partial charge < -0.3 is 10.2 Å². The van der Waals surface area contributed by atoms with Gasteiger partial charge in [-0.25, -0.2) is 0 Å². The highest BCUT2D eigenvalue weighted by Gasteiger charge is 2.10. The first-order valence-corrected chi connectivity index (χ1v) is 8.01. The molecule has 1 N–H and O–H groups in total. The van der Waals surface area contributed by atoms with Gasteiger partial charge in [-0.05, 0) is 44.7 Å². The average molecular weight is 268 g/mol. The summed E-state index contributed by atoms with van der Waals surface area (Å²) < 4.78 is 0. The highest BCUT2D eigenvalue weighted by atomic mass is 32.1. The maximum Gasteiger partial charge on any atom is 0.0113 e. The number of nitrogens with zero attached hydrogens (tertiary/aromatic N) is 1. The van der Waals surface area contributed by atoms with Crippen molar-refractivity contribution in [2.45, 2.75) is 52.1 Å². The van der Waals surface area contributed by atoms with Crippen LogP contribution in [0.5, 0.6) is 0 Å². The van der Waals surface area contributed by atoms with Gasteiger partial charge in [0.05, 0.1) is 0 Å². The highest BCUT2D eigenvalue weighted by molar-refractivity contribution is 7.09. The second-order valence-corrected chi connectivity index (χ2v) is 6.11. The molecule has 1 unspecified atom stereocenters. The summed E-state index contributed by atoms with van der Waals surface area (Å²) in [5, 5.41) is 5.79. The zero-order valence-corrected chi connectivity index (χ0v) is 13.1. The van der Waals surface area contributed by atoms with Gasteiger partial charge in [0, 0.05) is 30.1 Å². The zero-order chi connectivity index (χ0) is 13.4. The Morgan fingerprint density at radius 3 is 2.61 bits per heavy atom. The number of rotatable bonds is 9. The number of nitrogens with one attached hydrogen (secondary N) is 1. The second kappa shape index (κ2) is 8.68. The first kappa shape index (κ1) is 15.7. The summed E-state index contributed by atoms with van der Waals surface area (Å²) in [6.45, 7) is 9.05. The van der Waals surface area contributed by atoms with Crippen LogP contribution in [0.25, 0.3) is 0 Å². The fourth-order valence-corrected chi connectivity index (χ4v) is 2.94. The van der Waals surface area contributed by atoms with E-state index in [0.29, 0.717) is 12.1 Å². The minimum atomic E-state index is 0.618. The lowest BCUT2D eigenvalue weighted by Crippen LogP contribution is -2.39. The maximum atomic E-state index is 3.62. The Morgan fingerprint density at radius 1 is 1.33 bits per heavy atom. The summed E-state index contributed by atoms with van der Waals surface area (Å²) in [4.78, 5) is 3.94. The Bertz CT molecular complexity index is 293. The topological polar surface area (TPSA) is 15.3 Å². The number of hydrogen-bond acceptors (Lipinski definition) is 3. The van der Waals surface area contributed by atoms with E-state index in [1.807, 2.05) is 11.3 Å². The first-order valence-electron chi connectivity index (χ1n) is 7.13. The minimum Gasteiger partial charge on any atom is -0.313 e. The molecule has 0 radical (unpaired) electrons. The van der Waals surface area contributed by atoms with Crippen LogP contribution in [0.15, 0.2) is 17.5 Å². The van der Waals surface area contributed by atoms with Crippen LogP contribution in [0.3, 0.4) is 0 Å². The Kier molecular flexibility index (Phi) is 7.56. The largest absolute Gasteiger partial charge is 0.313 e. The predicted molar refractivity (Wildman–Crippen MR) is 82.5 cm³/mol.